The minimum absolute atomic E-state index is 0.00750. The molecule has 0 fully saturated rings. The Kier molecular flexibility index (Phi) is 3.96. The number of rotatable bonds is 4. The Hall–Kier alpha value is -0.830. The van der Waals surface area contributed by atoms with Gasteiger partial charge in [0, 0.05) is 13.1 Å². The predicted molar refractivity (Wildman–Crippen MR) is 51.4 cm³/mol. The highest BCUT2D eigenvalue weighted by molar-refractivity contribution is 5.76. The number of ether oxygens (including phenoxy) is 1. The van der Waals surface area contributed by atoms with Crippen LogP contribution in [0.15, 0.2) is 12.2 Å². The smallest absolute Gasteiger partial charge is 0.225 e. The zero-order valence-corrected chi connectivity index (χ0v) is 8.32. The van der Waals surface area contributed by atoms with E-state index in [4.69, 9.17) is 4.74 Å². The maximum absolute atomic E-state index is 11.6. The van der Waals surface area contributed by atoms with E-state index < -0.39 is 0 Å². The second-order valence-corrected chi connectivity index (χ2v) is 3.07. The third-order valence-electron chi connectivity index (χ3n) is 2.25. The molecular formula is C10H17NO2. The molecule has 1 rings (SSSR count). The van der Waals surface area contributed by atoms with Gasteiger partial charge in [-0.1, -0.05) is 12.2 Å². The Morgan fingerprint density at radius 1 is 1.54 bits per heavy atom. The summed E-state index contributed by atoms with van der Waals surface area (Å²) in [5.74, 6) is 0.182. The fraction of sp³-hybridized carbons (Fsp3) is 0.700. The Labute approximate surface area is 79.4 Å². The van der Waals surface area contributed by atoms with Crippen molar-refractivity contribution in [1.82, 2.24) is 4.90 Å². The summed E-state index contributed by atoms with van der Waals surface area (Å²) < 4.78 is 5.30. The molecule has 74 valence electrons. The molecule has 1 amide bonds. The average molecular weight is 183 g/mol. The van der Waals surface area contributed by atoms with E-state index in [1.807, 2.05) is 30.9 Å². The standard InChI is InChI=1S/C10H17NO2/c1-3-11(4-2)10(12)8-9-6-5-7-13-9/h5-6,9H,3-4,7-8H2,1-2H3. The normalized spacial score (nSPS) is 20.6. The van der Waals surface area contributed by atoms with E-state index in [1.165, 1.54) is 0 Å². The van der Waals surface area contributed by atoms with Crippen LogP contribution in [0.4, 0.5) is 0 Å². The summed E-state index contributed by atoms with van der Waals surface area (Å²) in [6.45, 7) is 6.20. The highest BCUT2D eigenvalue weighted by atomic mass is 16.5. The van der Waals surface area contributed by atoms with Crippen molar-refractivity contribution in [3.63, 3.8) is 0 Å². The van der Waals surface area contributed by atoms with Gasteiger partial charge in [-0.2, -0.15) is 0 Å². The van der Waals surface area contributed by atoms with Crippen molar-refractivity contribution >= 4 is 5.91 Å². The predicted octanol–water partition coefficient (Wildman–Crippen LogP) is 1.20. The Morgan fingerprint density at radius 2 is 2.23 bits per heavy atom. The maximum atomic E-state index is 11.6. The molecule has 13 heavy (non-hydrogen) atoms. The van der Waals surface area contributed by atoms with Crippen LogP contribution in [-0.2, 0) is 9.53 Å². The summed E-state index contributed by atoms with van der Waals surface area (Å²) in [5.41, 5.74) is 0. The summed E-state index contributed by atoms with van der Waals surface area (Å²) in [4.78, 5) is 13.4. The Bertz CT molecular complexity index is 197. The number of carbonyl (C=O) groups is 1. The van der Waals surface area contributed by atoms with Crippen molar-refractivity contribution in [2.75, 3.05) is 19.7 Å². The van der Waals surface area contributed by atoms with Crippen LogP contribution >= 0.6 is 0 Å². The summed E-state index contributed by atoms with van der Waals surface area (Å²) in [5, 5.41) is 0. The van der Waals surface area contributed by atoms with Gasteiger partial charge in [-0.3, -0.25) is 4.79 Å². The SMILES string of the molecule is CCN(CC)C(=O)CC1C=CCO1. The number of hydrogen-bond acceptors (Lipinski definition) is 2. The van der Waals surface area contributed by atoms with Gasteiger partial charge in [-0.15, -0.1) is 0 Å². The Morgan fingerprint density at radius 3 is 2.69 bits per heavy atom. The first-order valence-electron chi connectivity index (χ1n) is 4.84. The molecule has 1 heterocycles. The molecule has 0 aliphatic carbocycles. The maximum Gasteiger partial charge on any atom is 0.225 e. The lowest BCUT2D eigenvalue weighted by Gasteiger charge is -2.19. The minimum atomic E-state index is 0.00750. The molecular weight excluding hydrogens is 166 g/mol. The number of nitrogens with zero attached hydrogens (tertiary/aromatic N) is 1. The van der Waals surface area contributed by atoms with Crippen LogP contribution in [0.2, 0.25) is 0 Å². The zero-order valence-electron chi connectivity index (χ0n) is 8.32. The monoisotopic (exact) mass is 183 g/mol. The molecule has 0 saturated heterocycles. The van der Waals surface area contributed by atoms with Crippen LogP contribution in [0.3, 0.4) is 0 Å². The lowest BCUT2D eigenvalue weighted by molar-refractivity contribution is -0.132. The lowest BCUT2D eigenvalue weighted by atomic mass is 10.2. The second-order valence-electron chi connectivity index (χ2n) is 3.07. The molecule has 1 unspecified atom stereocenters. The third kappa shape index (κ3) is 2.84. The molecule has 0 aromatic rings. The number of carbonyl (C=O) groups excluding carboxylic acids is 1. The van der Waals surface area contributed by atoms with Crippen LogP contribution in [0.1, 0.15) is 20.3 Å². The summed E-state index contributed by atoms with van der Waals surface area (Å²) in [7, 11) is 0. The van der Waals surface area contributed by atoms with Gasteiger partial charge >= 0.3 is 0 Å². The van der Waals surface area contributed by atoms with E-state index in [9.17, 15) is 4.79 Å². The van der Waals surface area contributed by atoms with Crippen molar-refractivity contribution in [1.29, 1.82) is 0 Å². The number of hydrogen-bond donors (Lipinski definition) is 0. The molecule has 1 aliphatic heterocycles. The molecule has 0 N–H and O–H groups in total. The van der Waals surface area contributed by atoms with Gasteiger partial charge in [-0.05, 0) is 13.8 Å². The van der Waals surface area contributed by atoms with Gasteiger partial charge in [-0.25, -0.2) is 0 Å². The first-order chi connectivity index (χ1) is 6.27. The highest BCUT2D eigenvalue weighted by Crippen LogP contribution is 2.09. The van der Waals surface area contributed by atoms with Crippen molar-refractivity contribution in [2.45, 2.75) is 26.4 Å². The minimum Gasteiger partial charge on any atom is -0.370 e. The topological polar surface area (TPSA) is 29.5 Å². The van der Waals surface area contributed by atoms with Crippen LogP contribution in [-0.4, -0.2) is 36.6 Å². The van der Waals surface area contributed by atoms with Crippen LogP contribution in [0.5, 0.6) is 0 Å². The van der Waals surface area contributed by atoms with Gasteiger partial charge < -0.3 is 9.64 Å². The lowest BCUT2D eigenvalue weighted by Crippen LogP contribution is -2.32. The fourth-order valence-electron chi connectivity index (χ4n) is 1.45. The van der Waals surface area contributed by atoms with Crippen molar-refractivity contribution in [2.24, 2.45) is 0 Å². The van der Waals surface area contributed by atoms with E-state index in [1.54, 1.807) is 0 Å². The number of amides is 1. The highest BCUT2D eigenvalue weighted by Gasteiger charge is 2.17. The summed E-state index contributed by atoms with van der Waals surface area (Å²) in [6, 6.07) is 0. The van der Waals surface area contributed by atoms with Crippen LogP contribution in [0, 0.1) is 0 Å². The first kappa shape index (κ1) is 10.3. The molecule has 3 nitrogen and oxygen atoms in total. The van der Waals surface area contributed by atoms with Crippen LogP contribution in [0.25, 0.3) is 0 Å². The van der Waals surface area contributed by atoms with Crippen LogP contribution < -0.4 is 0 Å². The van der Waals surface area contributed by atoms with E-state index in [-0.39, 0.29) is 12.0 Å². The Balaban J connectivity index is 2.34. The molecule has 0 aromatic heterocycles. The molecule has 0 saturated carbocycles. The quantitative estimate of drug-likeness (QED) is 0.613. The fourth-order valence-corrected chi connectivity index (χ4v) is 1.45. The zero-order chi connectivity index (χ0) is 9.68. The average Bonchev–Trinajstić information content (AvgIpc) is 2.59. The van der Waals surface area contributed by atoms with E-state index >= 15 is 0 Å². The largest absolute Gasteiger partial charge is 0.370 e. The molecule has 0 bridgehead atoms. The van der Waals surface area contributed by atoms with Crippen molar-refractivity contribution in [3.8, 4) is 0 Å². The summed E-state index contributed by atoms with van der Waals surface area (Å²) >= 11 is 0. The van der Waals surface area contributed by atoms with Gasteiger partial charge in [0.15, 0.2) is 0 Å². The molecule has 0 radical (unpaired) electrons. The third-order valence-corrected chi connectivity index (χ3v) is 2.25. The molecule has 3 heteroatoms. The molecule has 1 atom stereocenters. The van der Waals surface area contributed by atoms with Gasteiger partial charge in [0.1, 0.15) is 0 Å². The van der Waals surface area contributed by atoms with Gasteiger partial charge in [0.2, 0.25) is 5.91 Å². The van der Waals surface area contributed by atoms with Crippen molar-refractivity contribution in [3.05, 3.63) is 12.2 Å². The van der Waals surface area contributed by atoms with Crippen molar-refractivity contribution < 1.29 is 9.53 Å². The van der Waals surface area contributed by atoms with E-state index in [2.05, 4.69) is 0 Å². The summed E-state index contributed by atoms with van der Waals surface area (Å²) in [6.07, 6.45) is 4.41. The van der Waals surface area contributed by atoms with E-state index in [0.717, 1.165) is 13.1 Å². The molecule has 1 aliphatic rings. The van der Waals surface area contributed by atoms with Gasteiger partial charge in [0.25, 0.3) is 0 Å². The van der Waals surface area contributed by atoms with Gasteiger partial charge in [0.05, 0.1) is 19.1 Å². The second kappa shape index (κ2) is 5.02. The van der Waals surface area contributed by atoms with E-state index in [0.29, 0.717) is 13.0 Å². The molecule has 0 spiro atoms. The first-order valence-corrected chi connectivity index (χ1v) is 4.84. The molecule has 0 aromatic carbocycles.